The van der Waals surface area contributed by atoms with E-state index in [0.29, 0.717) is 30.3 Å². The van der Waals surface area contributed by atoms with Crippen LogP contribution in [0, 0.1) is 5.92 Å². The second-order valence-electron chi connectivity index (χ2n) is 10.4. The lowest BCUT2D eigenvalue weighted by Gasteiger charge is -2.42. The predicted molar refractivity (Wildman–Crippen MR) is 144 cm³/mol. The fourth-order valence-corrected chi connectivity index (χ4v) is 6.23. The molecule has 9 nitrogen and oxygen atoms in total. The van der Waals surface area contributed by atoms with Crippen molar-refractivity contribution in [1.82, 2.24) is 14.5 Å². The van der Waals surface area contributed by atoms with E-state index in [9.17, 15) is 19.5 Å². The molecule has 0 radical (unpaired) electrons. The molecule has 6 rings (SSSR count). The van der Waals surface area contributed by atoms with Gasteiger partial charge in [0.05, 0.1) is 31.5 Å². The summed E-state index contributed by atoms with van der Waals surface area (Å²) in [5.74, 6) is -0.791. The van der Waals surface area contributed by atoms with Crippen molar-refractivity contribution < 1.29 is 19.1 Å². The number of fused-ring (bicyclic) bond motifs is 5. The van der Waals surface area contributed by atoms with E-state index < -0.39 is 23.1 Å². The van der Waals surface area contributed by atoms with Crippen LogP contribution in [0.4, 0.5) is 0 Å². The van der Waals surface area contributed by atoms with E-state index in [1.54, 1.807) is 18.3 Å². The normalized spacial score (nSPS) is 19.4. The van der Waals surface area contributed by atoms with E-state index in [1.165, 1.54) is 13.2 Å². The number of nitrogens with zero attached hydrogens (tertiary/aromatic N) is 3. The van der Waals surface area contributed by atoms with Crippen LogP contribution in [0.1, 0.15) is 47.5 Å². The summed E-state index contributed by atoms with van der Waals surface area (Å²) < 4.78 is 13.1. The van der Waals surface area contributed by atoms with Crippen LogP contribution in [0.3, 0.4) is 0 Å². The van der Waals surface area contributed by atoms with Crippen molar-refractivity contribution in [3.63, 3.8) is 0 Å². The molecule has 2 bridgehead atoms. The number of hydrogen-bond acceptors (Lipinski definition) is 8. The Morgan fingerprint density at radius 3 is 2.82 bits per heavy atom. The zero-order valence-electron chi connectivity index (χ0n) is 21.6. The highest BCUT2D eigenvalue weighted by Crippen LogP contribution is 2.38. The molecule has 0 amide bonds. The van der Waals surface area contributed by atoms with Crippen molar-refractivity contribution in [1.29, 1.82) is 0 Å². The smallest absolute Gasteiger partial charge is 0.306 e. The van der Waals surface area contributed by atoms with Gasteiger partial charge in [0.1, 0.15) is 5.76 Å². The van der Waals surface area contributed by atoms with Crippen LogP contribution in [0.15, 0.2) is 74.8 Å². The molecule has 3 unspecified atom stereocenters. The number of esters is 1. The van der Waals surface area contributed by atoms with Crippen molar-refractivity contribution in [3.05, 3.63) is 104 Å². The number of likely N-dealkylation sites (tertiary alicyclic amines) is 1. The van der Waals surface area contributed by atoms with Gasteiger partial charge in [-0.05, 0) is 36.1 Å². The Hall–Kier alpha value is -4.24. The number of methoxy groups -OCH3 is 1. The quantitative estimate of drug-likeness (QED) is 0.380. The third kappa shape index (κ3) is 4.74. The van der Waals surface area contributed by atoms with Gasteiger partial charge in [-0.3, -0.25) is 24.3 Å². The number of carbonyl (C=O) groups is 1. The number of aromatic nitrogens is 2. The molecular weight excluding hydrogens is 498 g/mol. The molecular formula is C30H29N3O6. The summed E-state index contributed by atoms with van der Waals surface area (Å²) in [5, 5.41) is 11.7. The molecule has 1 aromatic carbocycles. The summed E-state index contributed by atoms with van der Waals surface area (Å²) >= 11 is 0. The maximum atomic E-state index is 13.0. The van der Waals surface area contributed by atoms with E-state index in [4.69, 9.17) is 9.15 Å². The molecule has 0 spiro atoms. The highest BCUT2D eigenvalue weighted by molar-refractivity contribution is 5.84. The average Bonchev–Trinajstić information content (AvgIpc) is 2.94. The molecule has 2 aliphatic heterocycles. The lowest BCUT2D eigenvalue weighted by atomic mass is 9.83. The van der Waals surface area contributed by atoms with Crippen LogP contribution < -0.4 is 11.0 Å². The molecule has 1 N–H and O–H groups in total. The summed E-state index contributed by atoms with van der Waals surface area (Å²) in [6, 6.07) is 16.0. The number of benzene rings is 1. The van der Waals surface area contributed by atoms with Gasteiger partial charge in [0.15, 0.2) is 5.76 Å². The van der Waals surface area contributed by atoms with Gasteiger partial charge in [-0.15, -0.1) is 0 Å². The molecule has 5 heterocycles. The van der Waals surface area contributed by atoms with Gasteiger partial charge in [-0.1, -0.05) is 24.3 Å². The van der Waals surface area contributed by atoms with Gasteiger partial charge in [0.25, 0.3) is 5.56 Å². The lowest BCUT2D eigenvalue weighted by Crippen LogP contribution is -2.46. The third-order valence-corrected chi connectivity index (χ3v) is 7.91. The largest absolute Gasteiger partial charge is 0.502 e. The Balaban J connectivity index is 1.35. The topological polar surface area (TPSA) is 115 Å². The predicted octanol–water partition coefficient (Wildman–Crippen LogP) is 3.37. The fourth-order valence-electron chi connectivity index (χ4n) is 6.23. The monoisotopic (exact) mass is 527 g/mol. The summed E-state index contributed by atoms with van der Waals surface area (Å²) in [5.41, 5.74) is 1.94. The van der Waals surface area contributed by atoms with Crippen molar-refractivity contribution in [2.24, 2.45) is 5.92 Å². The maximum Gasteiger partial charge on any atom is 0.306 e. The highest BCUT2D eigenvalue weighted by Gasteiger charge is 2.35. The molecule has 0 aliphatic carbocycles. The van der Waals surface area contributed by atoms with Crippen LogP contribution in [0.25, 0.3) is 10.9 Å². The molecule has 4 aromatic rings. The molecule has 9 heteroatoms. The molecule has 3 aromatic heterocycles. The molecule has 39 heavy (non-hydrogen) atoms. The molecule has 200 valence electrons. The summed E-state index contributed by atoms with van der Waals surface area (Å²) in [7, 11) is 1.30. The van der Waals surface area contributed by atoms with Crippen LogP contribution in [0.2, 0.25) is 0 Å². The first-order valence-electron chi connectivity index (χ1n) is 13.1. The maximum absolute atomic E-state index is 13.0. The Kier molecular flexibility index (Phi) is 6.52. The second-order valence-corrected chi connectivity index (χ2v) is 10.4. The Morgan fingerprint density at radius 2 is 1.97 bits per heavy atom. The van der Waals surface area contributed by atoms with Crippen LogP contribution >= 0.6 is 0 Å². The van der Waals surface area contributed by atoms with Gasteiger partial charge < -0.3 is 18.8 Å². The summed E-state index contributed by atoms with van der Waals surface area (Å²) in [6.45, 7) is 2.52. The molecule has 0 saturated carbocycles. The van der Waals surface area contributed by atoms with Gasteiger partial charge in [-0.25, -0.2) is 0 Å². The van der Waals surface area contributed by atoms with Gasteiger partial charge in [0.2, 0.25) is 11.2 Å². The first-order valence-corrected chi connectivity index (χ1v) is 13.1. The van der Waals surface area contributed by atoms with Crippen LogP contribution in [0.5, 0.6) is 5.75 Å². The van der Waals surface area contributed by atoms with Gasteiger partial charge in [-0.2, -0.15) is 0 Å². The number of hydrogen-bond donors (Lipinski definition) is 1. The Labute approximate surface area is 224 Å². The summed E-state index contributed by atoms with van der Waals surface area (Å²) in [6.07, 6.45) is 2.53. The number of ether oxygens (including phenoxy) is 1. The van der Waals surface area contributed by atoms with E-state index in [0.717, 1.165) is 36.1 Å². The minimum Gasteiger partial charge on any atom is -0.502 e. The SMILES string of the molecule is COC(=O)CC(c1oc(CN2CC3CC(C2)c2cccc(=O)n2C3)cc(=O)c1O)c1ccnc2ccccc12. The standard InChI is InChI=1S/C30H29N3O6/c1-38-28(36)13-23(21-9-10-31-24-6-3-2-5-22(21)24)30-29(37)26(34)12-20(39-30)17-32-14-18-11-19(16-32)25-7-4-8-27(35)33(25)15-18/h2-10,12,18-19,23,37H,11,13-17H2,1H3. The van der Waals surface area contributed by atoms with Gasteiger partial charge in [0, 0.05) is 55.0 Å². The molecule has 1 fully saturated rings. The van der Waals surface area contributed by atoms with Crippen LogP contribution in [-0.2, 0) is 22.6 Å². The molecule has 1 saturated heterocycles. The second kappa shape index (κ2) is 10.1. The number of para-hydroxylation sites is 1. The molecule has 3 atom stereocenters. The zero-order chi connectivity index (χ0) is 27.1. The van der Waals surface area contributed by atoms with Crippen molar-refractivity contribution in [2.75, 3.05) is 20.2 Å². The van der Waals surface area contributed by atoms with Crippen molar-refractivity contribution in [2.45, 2.75) is 37.8 Å². The fraction of sp³-hybridized carbons (Fsp3) is 0.333. The number of carbonyl (C=O) groups excluding carboxylic acids is 1. The highest BCUT2D eigenvalue weighted by atomic mass is 16.5. The average molecular weight is 528 g/mol. The Morgan fingerprint density at radius 1 is 1.13 bits per heavy atom. The molecule has 2 aliphatic rings. The van der Waals surface area contributed by atoms with E-state index in [-0.39, 0.29) is 23.7 Å². The van der Waals surface area contributed by atoms with E-state index in [2.05, 4.69) is 9.88 Å². The number of aromatic hydroxyl groups is 1. The number of piperidine rings is 1. The van der Waals surface area contributed by atoms with Gasteiger partial charge >= 0.3 is 5.97 Å². The summed E-state index contributed by atoms with van der Waals surface area (Å²) in [4.78, 5) is 44.4. The Bertz CT molecular complexity index is 1670. The number of pyridine rings is 2. The van der Waals surface area contributed by atoms with Crippen LogP contribution in [-0.4, -0.2) is 45.7 Å². The lowest BCUT2D eigenvalue weighted by molar-refractivity contribution is -0.140. The minimum atomic E-state index is -0.752. The zero-order valence-corrected chi connectivity index (χ0v) is 21.6. The number of rotatable bonds is 6. The van der Waals surface area contributed by atoms with E-state index >= 15 is 0 Å². The first kappa shape index (κ1) is 25.1. The van der Waals surface area contributed by atoms with E-state index in [1.807, 2.05) is 41.0 Å². The minimum absolute atomic E-state index is 0.0325. The third-order valence-electron chi connectivity index (χ3n) is 7.91. The van der Waals surface area contributed by atoms with Crippen molar-refractivity contribution in [3.8, 4) is 5.75 Å². The van der Waals surface area contributed by atoms with Crippen molar-refractivity contribution >= 4 is 16.9 Å². The first-order chi connectivity index (χ1) is 18.9.